The number of methoxy groups -OCH3 is 2. The van der Waals surface area contributed by atoms with Gasteiger partial charge in [-0.05, 0) is 25.8 Å². The molecule has 22 heavy (non-hydrogen) atoms. The van der Waals surface area contributed by atoms with Gasteiger partial charge in [0, 0.05) is 39.8 Å². The summed E-state index contributed by atoms with van der Waals surface area (Å²) in [5.41, 5.74) is -0.715. The van der Waals surface area contributed by atoms with Crippen LogP contribution in [0.2, 0.25) is 0 Å². The summed E-state index contributed by atoms with van der Waals surface area (Å²) in [6.45, 7) is 2.99. The van der Waals surface area contributed by atoms with Gasteiger partial charge in [0.05, 0.1) is 12.0 Å². The maximum Gasteiger partial charge on any atom is 0.311 e. The predicted molar refractivity (Wildman–Crippen MR) is 80.3 cm³/mol. The van der Waals surface area contributed by atoms with E-state index in [2.05, 4.69) is 9.88 Å². The molecule has 1 aromatic heterocycles. The number of rotatable bonds is 8. The van der Waals surface area contributed by atoms with E-state index in [-0.39, 0.29) is 0 Å². The number of imidazole rings is 1. The molecule has 1 atom stereocenters. The van der Waals surface area contributed by atoms with Crippen molar-refractivity contribution < 1.29 is 19.4 Å². The molecule has 7 heteroatoms. The molecule has 1 aromatic rings. The van der Waals surface area contributed by atoms with Gasteiger partial charge in [0.1, 0.15) is 12.6 Å². The number of nitrogens with zero attached hydrogens (tertiary/aromatic N) is 3. The van der Waals surface area contributed by atoms with E-state index in [9.17, 15) is 9.90 Å². The van der Waals surface area contributed by atoms with E-state index in [4.69, 9.17) is 9.47 Å². The lowest BCUT2D eigenvalue weighted by atomic mass is 9.77. The first-order valence-corrected chi connectivity index (χ1v) is 7.55. The number of aliphatic carboxylic acids is 1. The largest absolute Gasteiger partial charge is 0.481 e. The van der Waals surface area contributed by atoms with Crippen LogP contribution in [-0.2, 0) is 27.5 Å². The second-order valence-corrected chi connectivity index (χ2v) is 5.87. The van der Waals surface area contributed by atoms with Gasteiger partial charge in [0.15, 0.2) is 0 Å². The molecular weight excluding hydrogens is 286 g/mol. The molecule has 0 radical (unpaired) electrons. The maximum atomic E-state index is 11.8. The molecule has 0 aromatic carbocycles. The first-order valence-electron chi connectivity index (χ1n) is 7.55. The molecule has 1 aliphatic heterocycles. The molecular formula is C15H25N3O4. The van der Waals surface area contributed by atoms with Crippen molar-refractivity contribution in [1.29, 1.82) is 0 Å². The second kappa shape index (κ2) is 7.71. The lowest BCUT2D eigenvalue weighted by molar-refractivity contribution is -0.154. The summed E-state index contributed by atoms with van der Waals surface area (Å²) in [5, 5.41) is 9.68. The summed E-state index contributed by atoms with van der Waals surface area (Å²) in [6.07, 6.45) is 5.74. The molecule has 1 saturated heterocycles. The maximum absolute atomic E-state index is 11.8. The van der Waals surface area contributed by atoms with E-state index in [0.717, 1.165) is 18.8 Å². The standard InChI is InChI=1S/C15H25N3O4/c1-21-9-5-15(14(19)20)4-3-7-17(11-15)10-13-16-6-8-18(13)12-22-2/h6,8H,3-5,7,9-12H2,1-2H3,(H,19,20). The number of likely N-dealkylation sites (tertiary alicyclic amines) is 1. The first-order chi connectivity index (χ1) is 10.6. The third-order valence-electron chi connectivity index (χ3n) is 4.33. The Kier molecular flexibility index (Phi) is 5.93. The Bertz CT molecular complexity index is 491. The van der Waals surface area contributed by atoms with Crippen LogP contribution in [-0.4, -0.2) is 59.4 Å². The first kappa shape index (κ1) is 16.9. The molecule has 0 amide bonds. The van der Waals surface area contributed by atoms with Crippen LogP contribution in [0.4, 0.5) is 0 Å². The normalized spacial score (nSPS) is 22.8. The molecule has 124 valence electrons. The number of carboxylic acids is 1. The SMILES string of the molecule is COCCC1(C(=O)O)CCCN(Cc2nccn2COC)C1. The van der Waals surface area contributed by atoms with Crippen molar-refractivity contribution in [2.45, 2.75) is 32.5 Å². The lowest BCUT2D eigenvalue weighted by Gasteiger charge is -2.39. The summed E-state index contributed by atoms with van der Waals surface area (Å²) < 4.78 is 12.2. The quantitative estimate of drug-likeness (QED) is 0.777. The summed E-state index contributed by atoms with van der Waals surface area (Å²) in [7, 11) is 3.25. The van der Waals surface area contributed by atoms with Crippen LogP contribution in [0.1, 0.15) is 25.1 Å². The highest BCUT2D eigenvalue weighted by atomic mass is 16.5. The zero-order chi connectivity index (χ0) is 16.0. The van der Waals surface area contributed by atoms with Crippen LogP contribution in [0.3, 0.4) is 0 Å². The Morgan fingerprint density at radius 1 is 1.45 bits per heavy atom. The molecule has 1 unspecified atom stereocenters. The minimum Gasteiger partial charge on any atom is -0.481 e. The summed E-state index contributed by atoms with van der Waals surface area (Å²) in [4.78, 5) is 18.3. The van der Waals surface area contributed by atoms with Crippen molar-refractivity contribution in [3.05, 3.63) is 18.2 Å². The molecule has 0 aliphatic carbocycles. The average molecular weight is 311 g/mol. The minimum atomic E-state index is -0.727. The van der Waals surface area contributed by atoms with Gasteiger partial charge in [-0.2, -0.15) is 0 Å². The zero-order valence-corrected chi connectivity index (χ0v) is 13.3. The van der Waals surface area contributed by atoms with Crippen molar-refractivity contribution in [2.24, 2.45) is 5.41 Å². The summed E-state index contributed by atoms with van der Waals surface area (Å²) in [5.74, 6) is 0.171. The van der Waals surface area contributed by atoms with Crippen LogP contribution in [0.25, 0.3) is 0 Å². The molecule has 2 heterocycles. The van der Waals surface area contributed by atoms with Gasteiger partial charge in [-0.25, -0.2) is 4.98 Å². The van der Waals surface area contributed by atoms with Crippen molar-refractivity contribution in [2.75, 3.05) is 33.9 Å². The molecule has 0 saturated carbocycles. The fourth-order valence-corrected chi connectivity index (χ4v) is 3.09. The summed E-state index contributed by atoms with van der Waals surface area (Å²) >= 11 is 0. The molecule has 7 nitrogen and oxygen atoms in total. The van der Waals surface area contributed by atoms with E-state index in [1.54, 1.807) is 20.4 Å². The van der Waals surface area contributed by atoms with Gasteiger partial charge < -0.3 is 19.1 Å². The fraction of sp³-hybridized carbons (Fsp3) is 0.733. The summed E-state index contributed by atoms with van der Waals surface area (Å²) in [6, 6.07) is 0. The topological polar surface area (TPSA) is 76.8 Å². The third-order valence-corrected chi connectivity index (χ3v) is 4.33. The van der Waals surface area contributed by atoms with Crippen LogP contribution in [0.15, 0.2) is 12.4 Å². The van der Waals surface area contributed by atoms with Crippen LogP contribution in [0, 0.1) is 5.41 Å². The van der Waals surface area contributed by atoms with Crippen molar-refractivity contribution in [3.63, 3.8) is 0 Å². The Labute approximate surface area is 130 Å². The van der Waals surface area contributed by atoms with E-state index in [1.165, 1.54) is 0 Å². The molecule has 1 aliphatic rings. The Hall–Kier alpha value is -1.44. The predicted octanol–water partition coefficient (Wildman–Crippen LogP) is 1.19. The molecule has 2 rings (SSSR count). The molecule has 1 fully saturated rings. The van der Waals surface area contributed by atoms with E-state index >= 15 is 0 Å². The van der Waals surface area contributed by atoms with Crippen LogP contribution in [0.5, 0.6) is 0 Å². The smallest absolute Gasteiger partial charge is 0.311 e. The van der Waals surface area contributed by atoms with Crippen molar-refractivity contribution in [1.82, 2.24) is 14.5 Å². The number of carboxylic acid groups (broad SMARTS) is 1. The molecule has 0 spiro atoms. The highest BCUT2D eigenvalue weighted by Crippen LogP contribution is 2.34. The monoisotopic (exact) mass is 311 g/mol. The van der Waals surface area contributed by atoms with Gasteiger partial charge in [0.2, 0.25) is 0 Å². The van der Waals surface area contributed by atoms with Gasteiger partial charge in [-0.1, -0.05) is 0 Å². The second-order valence-electron chi connectivity index (χ2n) is 5.87. The Morgan fingerprint density at radius 2 is 2.27 bits per heavy atom. The van der Waals surface area contributed by atoms with Gasteiger partial charge in [0.25, 0.3) is 0 Å². The van der Waals surface area contributed by atoms with Crippen molar-refractivity contribution >= 4 is 5.97 Å². The van der Waals surface area contributed by atoms with Crippen LogP contribution >= 0.6 is 0 Å². The molecule has 1 N–H and O–H groups in total. The van der Waals surface area contributed by atoms with E-state index in [1.807, 2.05) is 10.8 Å². The molecule has 0 bridgehead atoms. The lowest BCUT2D eigenvalue weighted by Crippen LogP contribution is -2.48. The number of carbonyl (C=O) groups is 1. The highest BCUT2D eigenvalue weighted by Gasteiger charge is 2.42. The van der Waals surface area contributed by atoms with E-state index in [0.29, 0.717) is 39.3 Å². The third kappa shape index (κ3) is 3.85. The zero-order valence-electron chi connectivity index (χ0n) is 13.3. The minimum absolute atomic E-state index is 0.455. The fourth-order valence-electron chi connectivity index (χ4n) is 3.09. The Morgan fingerprint density at radius 3 is 2.95 bits per heavy atom. The van der Waals surface area contributed by atoms with Crippen molar-refractivity contribution in [3.8, 4) is 0 Å². The number of ether oxygens (including phenoxy) is 2. The number of hydrogen-bond acceptors (Lipinski definition) is 5. The van der Waals surface area contributed by atoms with E-state index < -0.39 is 11.4 Å². The number of hydrogen-bond donors (Lipinski definition) is 1. The van der Waals surface area contributed by atoms with Gasteiger partial charge in [-0.3, -0.25) is 9.69 Å². The highest BCUT2D eigenvalue weighted by molar-refractivity contribution is 5.75. The number of piperidine rings is 1. The van der Waals surface area contributed by atoms with Gasteiger partial charge in [-0.15, -0.1) is 0 Å². The number of aromatic nitrogens is 2. The Balaban J connectivity index is 2.05. The van der Waals surface area contributed by atoms with Gasteiger partial charge >= 0.3 is 5.97 Å². The van der Waals surface area contributed by atoms with Crippen LogP contribution < -0.4 is 0 Å². The average Bonchev–Trinajstić information content (AvgIpc) is 2.93.